The van der Waals surface area contributed by atoms with Crippen molar-refractivity contribution < 1.29 is 14.3 Å². The van der Waals surface area contributed by atoms with E-state index >= 15 is 0 Å². The minimum atomic E-state index is -1.04. The van der Waals surface area contributed by atoms with E-state index < -0.39 is 17.1 Å². The minimum Gasteiger partial charge on any atom is -0.434 e. The fourth-order valence-corrected chi connectivity index (χ4v) is 2.09. The van der Waals surface area contributed by atoms with Gasteiger partial charge in [0.1, 0.15) is 0 Å². The summed E-state index contributed by atoms with van der Waals surface area (Å²) in [5.41, 5.74) is -1.78. The van der Waals surface area contributed by atoms with E-state index in [-0.39, 0.29) is 11.2 Å². The lowest BCUT2D eigenvalue weighted by atomic mass is 9.73. The van der Waals surface area contributed by atoms with Gasteiger partial charge in [0.2, 0.25) is 0 Å². The lowest BCUT2D eigenvalue weighted by Gasteiger charge is -2.39. The summed E-state index contributed by atoms with van der Waals surface area (Å²) in [4.78, 5) is 25.8. The molecular weight excluding hydrogens is 230 g/mol. The van der Waals surface area contributed by atoms with Gasteiger partial charge in [-0.15, -0.1) is 0 Å². The lowest BCUT2D eigenvalue weighted by Crippen LogP contribution is -2.53. The Balaban J connectivity index is 3.05. The Morgan fingerprint density at radius 2 is 1.56 bits per heavy atom. The van der Waals surface area contributed by atoms with E-state index in [0.29, 0.717) is 0 Å². The summed E-state index contributed by atoms with van der Waals surface area (Å²) in [6.07, 6.45) is 1.39. The molecule has 1 rings (SSSR count). The lowest BCUT2D eigenvalue weighted by molar-refractivity contribution is -0.152. The number of rotatable bonds is 3. The Morgan fingerprint density at radius 1 is 1.11 bits per heavy atom. The van der Waals surface area contributed by atoms with Crippen LogP contribution in [0.3, 0.4) is 0 Å². The van der Waals surface area contributed by atoms with Gasteiger partial charge in [-0.05, 0) is 19.8 Å². The smallest absolute Gasteiger partial charge is 0.410 e. The second-order valence-electron chi connectivity index (χ2n) is 6.94. The number of ketones is 1. The van der Waals surface area contributed by atoms with Gasteiger partial charge in [0, 0.05) is 24.9 Å². The molecule has 0 aromatic rings. The maximum Gasteiger partial charge on any atom is 0.410 e. The SMILES string of the molecule is CN(C)C(=O)O[C@@](C)(C(=O)C(C)(C)C)C1(C)CC1. The molecule has 4 heteroatoms. The fourth-order valence-electron chi connectivity index (χ4n) is 2.09. The van der Waals surface area contributed by atoms with E-state index in [1.807, 2.05) is 27.7 Å². The molecule has 0 radical (unpaired) electrons. The largest absolute Gasteiger partial charge is 0.434 e. The monoisotopic (exact) mass is 255 g/mol. The number of hydrogen-bond acceptors (Lipinski definition) is 3. The highest BCUT2D eigenvalue weighted by Gasteiger charge is 2.61. The summed E-state index contributed by atoms with van der Waals surface area (Å²) < 4.78 is 5.55. The van der Waals surface area contributed by atoms with E-state index in [1.54, 1.807) is 21.0 Å². The zero-order valence-electron chi connectivity index (χ0n) is 12.6. The van der Waals surface area contributed by atoms with Crippen molar-refractivity contribution in [1.29, 1.82) is 0 Å². The van der Waals surface area contributed by atoms with Gasteiger partial charge < -0.3 is 9.64 Å². The van der Waals surface area contributed by atoms with Crippen LogP contribution in [-0.4, -0.2) is 36.5 Å². The van der Waals surface area contributed by atoms with Crippen molar-refractivity contribution in [2.45, 2.75) is 53.1 Å². The highest BCUT2D eigenvalue weighted by molar-refractivity contribution is 5.94. The van der Waals surface area contributed by atoms with Crippen LogP contribution in [0.15, 0.2) is 0 Å². The Kier molecular flexibility index (Phi) is 3.54. The molecule has 0 saturated heterocycles. The summed E-state index contributed by atoms with van der Waals surface area (Å²) in [5, 5.41) is 0. The summed E-state index contributed by atoms with van der Waals surface area (Å²) in [5.74, 6) is -0.00907. The van der Waals surface area contributed by atoms with Gasteiger partial charge in [0.25, 0.3) is 0 Å². The molecule has 1 amide bonds. The predicted molar refractivity (Wildman–Crippen MR) is 70.4 cm³/mol. The third kappa shape index (κ3) is 2.52. The van der Waals surface area contributed by atoms with Crippen LogP contribution in [0.25, 0.3) is 0 Å². The van der Waals surface area contributed by atoms with Gasteiger partial charge >= 0.3 is 6.09 Å². The molecule has 0 aromatic heterocycles. The van der Waals surface area contributed by atoms with Crippen molar-refractivity contribution >= 4 is 11.9 Å². The summed E-state index contributed by atoms with van der Waals surface area (Å²) in [7, 11) is 3.25. The quantitative estimate of drug-likeness (QED) is 0.779. The first-order valence-corrected chi connectivity index (χ1v) is 6.39. The Hall–Kier alpha value is -1.06. The van der Waals surface area contributed by atoms with Crippen molar-refractivity contribution in [3.63, 3.8) is 0 Å². The molecule has 1 aliphatic rings. The first-order valence-electron chi connectivity index (χ1n) is 6.39. The predicted octanol–water partition coefficient (Wildman–Crippen LogP) is 2.86. The maximum absolute atomic E-state index is 12.6. The van der Waals surface area contributed by atoms with Crippen LogP contribution in [0.1, 0.15) is 47.5 Å². The van der Waals surface area contributed by atoms with E-state index in [0.717, 1.165) is 12.8 Å². The van der Waals surface area contributed by atoms with Crippen LogP contribution < -0.4 is 0 Å². The average Bonchev–Trinajstić information content (AvgIpc) is 2.95. The normalized spacial score (nSPS) is 20.8. The second-order valence-corrected chi connectivity index (χ2v) is 6.94. The summed E-state index contributed by atoms with van der Waals surface area (Å²) in [6.45, 7) is 9.36. The van der Waals surface area contributed by atoms with Crippen LogP contribution >= 0.6 is 0 Å². The standard InChI is InChI=1S/C14H25NO3/c1-12(2,3)10(16)14(5,13(4)8-9-13)18-11(17)15(6)7/h8-9H2,1-7H3/t14-/m0/s1. The van der Waals surface area contributed by atoms with Crippen LogP contribution in [0, 0.1) is 10.8 Å². The zero-order chi connectivity index (χ0) is 14.4. The van der Waals surface area contributed by atoms with Gasteiger partial charge in [-0.3, -0.25) is 4.79 Å². The van der Waals surface area contributed by atoms with Crippen molar-refractivity contribution in [2.75, 3.05) is 14.1 Å². The first-order chi connectivity index (χ1) is 7.94. The molecule has 1 aliphatic carbocycles. The van der Waals surface area contributed by atoms with E-state index in [2.05, 4.69) is 0 Å². The molecule has 1 saturated carbocycles. The highest BCUT2D eigenvalue weighted by Crippen LogP contribution is 2.57. The Morgan fingerprint density at radius 3 is 1.83 bits per heavy atom. The maximum atomic E-state index is 12.6. The molecular formula is C14H25NO3. The van der Waals surface area contributed by atoms with Crippen LogP contribution in [0.2, 0.25) is 0 Å². The van der Waals surface area contributed by atoms with Gasteiger partial charge in [-0.25, -0.2) is 4.79 Å². The second kappa shape index (κ2) is 4.25. The molecule has 1 atom stereocenters. The van der Waals surface area contributed by atoms with Gasteiger partial charge in [0.15, 0.2) is 11.4 Å². The number of nitrogens with zero attached hydrogens (tertiary/aromatic N) is 1. The van der Waals surface area contributed by atoms with Crippen LogP contribution in [0.5, 0.6) is 0 Å². The molecule has 104 valence electrons. The number of ether oxygens (including phenoxy) is 1. The third-order valence-electron chi connectivity index (χ3n) is 3.92. The van der Waals surface area contributed by atoms with E-state index in [4.69, 9.17) is 4.74 Å². The topological polar surface area (TPSA) is 46.6 Å². The van der Waals surface area contributed by atoms with Crippen molar-refractivity contribution in [3.05, 3.63) is 0 Å². The Labute approximate surface area is 110 Å². The molecule has 1 fully saturated rings. The highest BCUT2D eigenvalue weighted by atomic mass is 16.6. The average molecular weight is 255 g/mol. The first kappa shape index (κ1) is 15.0. The van der Waals surface area contributed by atoms with Gasteiger partial charge in [-0.1, -0.05) is 27.7 Å². The minimum absolute atomic E-state index is 0.00907. The van der Waals surface area contributed by atoms with E-state index in [1.165, 1.54) is 4.90 Å². The molecule has 0 unspecified atom stereocenters. The molecule has 18 heavy (non-hydrogen) atoms. The van der Waals surface area contributed by atoms with Gasteiger partial charge in [0.05, 0.1) is 0 Å². The fraction of sp³-hybridized carbons (Fsp3) is 0.857. The van der Waals surface area contributed by atoms with Crippen molar-refractivity contribution in [2.24, 2.45) is 10.8 Å². The van der Waals surface area contributed by atoms with Crippen LogP contribution in [-0.2, 0) is 9.53 Å². The molecule has 0 spiro atoms. The third-order valence-corrected chi connectivity index (χ3v) is 3.92. The Bertz CT molecular complexity index is 364. The molecule has 0 aliphatic heterocycles. The number of hydrogen-bond donors (Lipinski definition) is 0. The van der Waals surface area contributed by atoms with Crippen molar-refractivity contribution in [1.82, 2.24) is 4.90 Å². The zero-order valence-corrected chi connectivity index (χ0v) is 12.6. The number of carbonyl (C=O) groups is 2. The molecule has 0 aromatic carbocycles. The summed E-state index contributed by atoms with van der Waals surface area (Å²) >= 11 is 0. The number of amides is 1. The molecule has 0 heterocycles. The molecule has 4 nitrogen and oxygen atoms in total. The van der Waals surface area contributed by atoms with E-state index in [9.17, 15) is 9.59 Å². The molecule has 0 bridgehead atoms. The van der Waals surface area contributed by atoms with Gasteiger partial charge in [-0.2, -0.15) is 0 Å². The summed E-state index contributed by atoms with van der Waals surface area (Å²) in [6, 6.07) is 0. The number of carbonyl (C=O) groups excluding carboxylic acids is 2. The van der Waals surface area contributed by atoms with Crippen LogP contribution in [0.4, 0.5) is 4.79 Å². The van der Waals surface area contributed by atoms with Crippen molar-refractivity contribution in [3.8, 4) is 0 Å². The number of Topliss-reactive ketones (excluding diaryl/α,β-unsaturated/α-hetero) is 1. The molecule has 0 N–H and O–H groups in total.